The van der Waals surface area contributed by atoms with Gasteiger partial charge in [0.15, 0.2) is 11.5 Å². The molecule has 0 amide bonds. The van der Waals surface area contributed by atoms with Crippen molar-refractivity contribution in [2.45, 2.75) is 68.7 Å². The monoisotopic (exact) mass is 454 g/mol. The van der Waals surface area contributed by atoms with E-state index in [1.807, 2.05) is 6.92 Å². The zero-order valence-electron chi connectivity index (χ0n) is 18.1. The number of allylic oxidation sites excluding steroid dienone is 4. The van der Waals surface area contributed by atoms with E-state index in [0.29, 0.717) is 19.3 Å². The van der Waals surface area contributed by atoms with Gasteiger partial charge in [0.1, 0.15) is 5.94 Å². The summed E-state index contributed by atoms with van der Waals surface area (Å²) in [6, 6.07) is 0. The second kappa shape index (κ2) is 7.38. The van der Waals surface area contributed by atoms with Crippen LogP contribution in [0.15, 0.2) is 23.8 Å². The van der Waals surface area contributed by atoms with E-state index in [0.717, 1.165) is 18.4 Å². The van der Waals surface area contributed by atoms with Crippen LogP contribution >= 0.6 is 23.5 Å². The van der Waals surface area contributed by atoms with Crippen LogP contribution in [0.2, 0.25) is 0 Å². The Balaban J connectivity index is 1.70. The third-order valence-corrected chi connectivity index (χ3v) is 12.1. The molecule has 4 aliphatic carbocycles. The fraction of sp³-hybridized carbons (Fsp3) is 0.739. The summed E-state index contributed by atoms with van der Waals surface area (Å²) < 4.78 is 22.0. The maximum absolute atomic E-state index is 17.0. The molecule has 0 aromatic rings. The number of ether oxygens (including phenoxy) is 1. The number of ketones is 1. The van der Waals surface area contributed by atoms with Gasteiger partial charge in [-0.3, -0.25) is 9.59 Å². The van der Waals surface area contributed by atoms with Crippen molar-refractivity contribution >= 4 is 35.3 Å². The topological polar surface area (TPSA) is 63.6 Å². The lowest BCUT2D eigenvalue weighted by molar-refractivity contribution is -0.189. The van der Waals surface area contributed by atoms with E-state index in [-0.39, 0.29) is 39.0 Å². The molecule has 4 nitrogen and oxygen atoms in total. The van der Waals surface area contributed by atoms with E-state index >= 15 is 4.39 Å². The fourth-order valence-corrected chi connectivity index (χ4v) is 9.88. The van der Waals surface area contributed by atoms with Crippen molar-refractivity contribution < 1.29 is 23.8 Å². The molecule has 0 saturated heterocycles. The number of carbonyl (C=O) groups excluding carboxylic acids is 2. The quantitative estimate of drug-likeness (QED) is 0.492. The number of halogens is 1. The highest BCUT2D eigenvalue weighted by molar-refractivity contribution is 8.18. The highest BCUT2D eigenvalue weighted by Crippen LogP contribution is 2.73. The summed E-state index contributed by atoms with van der Waals surface area (Å²) in [4.78, 5) is 23.2. The second-order valence-electron chi connectivity index (χ2n) is 9.66. The van der Waals surface area contributed by atoms with Gasteiger partial charge >= 0.3 is 5.97 Å². The molecule has 0 bridgehead atoms. The zero-order chi connectivity index (χ0) is 21.9. The van der Waals surface area contributed by atoms with Crippen LogP contribution in [0, 0.1) is 22.7 Å². The number of esters is 1. The summed E-state index contributed by atoms with van der Waals surface area (Å²) in [5, 5.41) is 11.4. The molecular weight excluding hydrogens is 423 g/mol. The van der Waals surface area contributed by atoms with Gasteiger partial charge in [-0.1, -0.05) is 18.6 Å². The Morgan fingerprint density at radius 3 is 2.73 bits per heavy atom. The summed E-state index contributed by atoms with van der Waals surface area (Å²) >= 11 is 3.37. The van der Waals surface area contributed by atoms with E-state index in [1.54, 1.807) is 35.7 Å². The number of fused-ring (bicyclic) bond motifs is 5. The van der Waals surface area contributed by atoms with Crippen LogP contribution in [0.1, 0.15) is 52.9 Å². The standard InChI is InChI=1S/C23H31FO4S2/c1-14(25)28-13-30-22(29-4)10-8-17-18-6-5-15-11-16(26)7-9-20(15,2)23(18,24)19(27)12-21(17,22)3/h7,9,11,17-19,27H,5-6,8,10,12-13H2,1-4H3/t17-,18-,19-,20-,21-,22-,23-/m0/s1. The molecule has 0 radical (unpaired) electrons. The maximum atomic E-state index is 17.0. The Morgan fingerprint density at radius 2 is 2.07 bits per heavy atom. The molecule has 1 N–H and O–H groups in total. The fourth-order valence-electron chi connectivity index (χ4n) is 7.00. The molecule has 30 heavy (non-hydrogen) atoms. The lowest BCUT2D eigenvalue weighted by atomic mass is 9.46. The minimum Gasteiger partial charge on any atom is -0.455 e. The second-order valence-corrected chi connectivity index (χ2v) is 12.2. The number of carbonyl (C=O) groups is 2. The molecule has 0 unspecified atom stereocenters. The Bertz CT molecular complexity index is 828. The van der Waals surface area contributed by atoms with Crippen molar-refractivity contribution in [3.8, 4) is 0 Å². The number of aliphatic hydroxyl groups is 1. The molecule has 4 rings (SSSR count). The highest BCUT2D eigenvalue weighted by Gasteiger charge is 2.73. The van der Waals surface area contributed by atoms with Crippen LogP contribution in [0.5, 0.6) is 0 Å². The molecule has 4 aliphatic rings. The summed E-state index contributed by atoms with van der Waals surface area (Å²) in [7, 11) is 0. The Kier molecular flexibility index (Phi) is 5.51. The SMILES string of the molecule is CS[C@]1(SCOC(C)=O)CC[C@H]2[C@@H]3CCC4=CC(=O)C=C[C@]4(C)[C@@]3(F)[C@@H](O)C[C@@]21C. The normalized spacial score (nSPS) is 47.2. The molecule has 7 heteroatoms. The van der Waals surface area contributed by atoms with Crippen LogP contribution in [0.25, 0.3) is 0 Å². The van der Waals surface area contributed by atoms with Crippen molar-refractivity contribution in [2.75, 3.05) is 12.2 Å². The predicted octanol–water partition coefficient (Wildman–Crippen LogP) is 4.67. The number of thioether (sulfide) groups is 2. The molecule has 3 fully saturated rings. The molecule has 0 spiro atoms. The largest absolute Gasteiger partial charge is 0.455 e. The van der Waals surface area contributed by atoms with E-state index < -0.39 is 17.2 Å². The predicted molar refractivity (Wildman–Crippen MR) is 119 cm³/mol. The molecule has 0 aromatic heterocycles. The molecule has 0 aromatic carbocycles. The van der Waals surface area contributed by atoms with Gasteiger partial charge in [-0.25, -0.2) is 4.39 Å². The minimum atomic E-state index is -1.78. The van der Waals surface area contributed by atoms with E-state index in [1.165, 1.54) is 13.0 Å². The van der Waals surface area contributed by atoms with Crippen LogP contribution < -0.4 is 0 Å². The first-order valence-corrected chi connectivity index (χ1v) is 12.9. The Labute approximate surface area is 186 Å². The first-order valence-electron chi connectivity index (χ1n) is 10.7. The van der Waals surface area contributed by atoms with E-state index in [9.17, 15) is 14.7 Å². The first-order chi connectivity index (χ1) is 14.0. The zero-order valence-corrected chi connectivity index (χ0v) is 19.7. The summed E-state index contributed by atoms with van der Waals surface area (Å²) in [5.74, 6) is -0.260. The highest BCUT2D eigenvalue weighted by atomic mass is 32.2. The maximum Gasteiger partial charge on any atom is 0.303 e. The average Bonchev–Trinajstić information content (AvgIpc) is 2.96. The third kappa shape index (κ3) is 2.83. The van der Waals surface area contributed by atoms with Gasteiger partial charge in [0, 0.05) is 18.3 Å². The number of hydrogen-bond acceptors (Lipinski definition) is 6. The van der Waals surface area contributed by atoms with Crippen molar-refractivity contribution in [1.29, 1.82) is 0 Å². The van der Waals surface area contributed by atoms with Gasteiger partial charge in [0.25, 0.3) is 0 Å². The summed E-state index contributed by atoms with van der Waals surface area (Å²) in [6.45, 7) is 5.45. The smallest absolute Gasteiger partial charge is 0.303 e. The molecule has 3 saturated carbocycles. The van der Waals surface area contributed by atoms with Gasteiger partial charge in [-0.05, 0) is 68.8 Å². The van der Waals surface area contributed by atoms with Crippen LogP contribution in [0.4, 0.5) is 4.39 Å². The van der Waals surface area contributed by atoms with Crippen molar-refractivity contribution in [3.05, 3.63) is 23.8 Å². The van der Waals surface area contributed by atoms with Crippen molar-refractivity contribution in [1.82, 2.24) is 0 Å². The van der Waals surface area contributed by atoms with Gasteiger partial charge in [-0.2, -0.15) is 0 Å². The average molecular weight is 455 g/mol. The summed E-state index contributed by atoms with van der Waals surface area (Å²) in [5.41, 5.74) is -2.19. The van der Waals surface area contributed by atoms with Crippen molar-refractivity contribution in [3.63, 3.8) is 0 Å². The van der Waals surface area contributed by atoms with Gasteiger partial charge < -0.3 is 9.84 Å². The summed E-state index contributed by atoms with van der Waals surface area (Å²) in [6.07, 6.45) is 9.19. The number of alkyl halides is 1. The number of rotatable bonds is 4. The lowest BCUT2D eigenvalue weighted by Gasteiger charge is -2.63. The Hall–Kier alpha value is -0.790. The van der Waals surface area contributed by atoms with E-state index in [4.69, 9.17) is 4.74 Å². The Morgan fingerprint density at radius 1 is 1.33 bits per heavy atom. The van der Waals surface area contributed by atoms with Gasteiger partial charge in [0.2, 0.25) is 0 Å². The molecule has 0 aliphatic heterocycles. The van der Waals surface area contributed by atoms with Gasteiger partial charge in [0.05, 0.1) is 10.2 Å². The molecule has 166 valence electrons. The van der Waals surface area contributed by atoms with E-state index in [2.05, 4.69) is 13.2 Å². The van der Waals surface area contributed by atoms with Crippen molar-refractivity contribution in [2.24, 2.45) is 22.7 Å². The third-order valence-electron chi connectivity index (χ3n) is 8.57. The first kappa shape index (κ1) is 22.4. The van der Waals surface area contributed by atoms with Gasteiger partial charge in [-0.15, -0.1) is 23.5 Å². The van der Waals surface area contributed by atoms with Crippen LogP contribution in [-0.2, 0) is 14.3 Å². The number of aliphatic hydroxyl groups excluding tert-OH is 1. The lowest BCUT2D eigenvalue weighted by Crippen LogP contribution is -2.67. The molecule has 0 heterocycles. The molecular formula is C23H31FO4S2. The van der Waals surface area contributed by atoms with Crippen LogP contribution in [0.3, 0.4) is 0 Å². The molecule has 7 atom stereocenters. The van der Waals surface area contributed by atoms with Crippen LogP contribution in [-0.4, -0.2) is 44.9 Å². The number of hydrogen-bond donors (Lipinski definition) is 1. The minimum absolute atomic E-state index is 0.0937.